The molecular weight excluding hydrogens is 337 g/mol. The van der Waals surface area contributed by atoms with Crippen LogP contribution in [0.25, 0.3) is 0 Å². The zero-order chi connectivity index (χ0) is 12.1. The molecule has 90 valence electrons. The third-order valence-corrected chi connectivity index (χ3v) is 4.18. The molecule has 1 N–H and O–H groups in total. The van der Waals surface area contributed by atoms with Gasteiger partial charge < -0.3 is 10.1 Å². The Morgan fingerprint density at radius 3 is 2.75 bits per heavy atom. The summed E-state index contributed by atoms with van der Waals surface area (Å²) in [5.41, 5.74) is 0. The zero-order valence-electron chi connectivity index (χ0n) is 9.62. The predicted molar refractivity (Wildman–Crippen MR) is 75.9 cm³/mol. The molecule has 0 fully saturated rings. The molecule has 1 rings (SSSR count). The monoisotopic (exact) mass is 353 g/mol. The first-order valence-electron chi connectivity index (χ1n) is 5.07. The quantitative estimate of drug-likeness (QED) is 0.653. The van der Waals surface area contributed by atoms with E-state index in [-0.39, 0.29) is 11.9 Å². The van der Waals surface area contributed by atoms with Crippen molar-refractivity contribution >= 4 is 39.8 Å². The van der Waals surface area contributed by atoms with Gasteiger partial charge in [0.05, 0.1) is 12.0 Å². The fourth-order valence-corrected chi connectivity index (χ4v) is 3.16. The first kappa shape index (κ1) is 13.8. The SMILES string of the molecule is COc1csc(C(=O)NC(CI)C(C)C)c1. The number of hydrogen-bond donors (Lipinski definition) is 1. The van der Waals surface area contributed by atoms with Crippen molar-refractivity contribution < 1.29 is 9.53 Å². The maximum absolute atomic E-state index is 11.9. The second-order valence-electron chi connectivity index (χ2n) is 3.83. The van der Waals surface area contributed by atoms with Gasteiger partial charge in [0.25, 0.3) is 5.91 Å². The number of ether oxygens (including phenoxy) is 1. The summed E-state index contributed by atoms with van der Waals surface area (Å²) < 4.78 is 5.97. The van der Waals surface area contributed by atoms with E-state index in [0.717, 1.165) is 10.2 Å². The van der Waals surface area contributed by atoms with Gasteiger partial charge in [-0.15, -0.1) is 11.3 Å². The number of thiophene rings is 1. The lowest BCUT2D eigenvalue weighted by atomic mass is 10.1. The molecule has 1 amide bonds. The Bertz CT molecular complexity index is 352. The van der Waals surface area contributed by atoms with Gasteiger partial charge in [-0.05, 0) is 5.92 Å². The van der Waals surface area contributed by atoms with Crippen molar-refractivity contribution in [1.29, 1.82) is 0 Å². The van der Waals surface area contributed by atoms with Gasteiger partial charge in [-0.1, -0.05) is 36.4 Å². The molecule has 1 atom stereocenters. The average molecular weight is 353 g/mol. The van der Waals surface area contributed by atoms with Crippen LogP contribution in [0.4, 0.5) is 0 Å². The summed E-state index contributed by atoms with van der Waals surface area (Å²) >= 11 is 3.70. The summed E-state index contributed by atoms with van der Waals surface area (Å²) in [5.74, 6) is 1.18. The Morgan fingerprint density at radius 2 is 2.31 bits per heavy atom. The molecule has 1 aromatic heterocycles. The number of alkyl halides is 1. The molecule has 0 saturated heterocycles. The molecule has 0 spiro atoms. The fraction of sp³-hybridized carbons (Fsp3) is 0.545. The number of methoxy groups -OCH3 is 1. The minimum atomic E-state index is -0.0105. The van der Waals surface area contributed by atoms with Crippen molar-refractivity contribution in [3.8, 4) is 5.75 Å². The van der Waals surface area contributed by atoms with Gasteiger partial charge in [-0.2, -0.15) is 0 Å². The van der Waals surface area contributed by atoms with E-state index < -0.39 is 0 Å². The van der Waals surface area contributed by atoms with E-state index in [9.17, 15) is 4.79 Å². The molecule has 0 aliphatic heterocycles. The number of amides is 1. The lowest BCUT2D eigenvalue weighted by Crippen LogP contribution is -2.39. The molecule has 0 aromatic carbocycles. The highest BCUT2D eigenvalue weighted by Gasteiger charge is 2.17. The van der Waals surface area contributed by atoms with Gasteiger partial charge in [-0.3, -0.25) is 4.79 Å². The highest BCUT2D eigenvalue weighted by atomic mass is 127. The van der Waals surface area contributed by atoms with Crippen LogP contribution in [0.5, 0.6) is 5.75 Å². The molecule has 3 nitrogen and oxygen atoms in total. The van der Waals surface area contributed by atoms with Crippen LogP contribution in [0.2, 0.25) is 0 Å². The molecule has 1 heterocycles. The summed E-state index contributed by atoms with van der Waals surface area (Å²) in [6.45, 7) is 4.22. The Kier molecular flexibility index (Phi) is 5.54. The van der Waals surface area contributed by atoms with E-state index in [4.69, 9.17) is 4.74 Å². The van der Waals surface area contributed by atoms with Gasteiger partial charge in [0.1, 0.15) is 5.75 Å². The number of carbonyl (C=O) groups excluding carboxylic acids is 1. The van der Waals surface area contributed by atoms with Crippen LogP contribution in [0, 0.1) is 5.92 Å². The predicted octanol–water partition coefficient (Wildman–Crippen LogP) is 2.95. The summed E-state index contributed by atoms with van der Waals surface area (Å²) in [5, 5.41) is 4.86. The molecule has 0 aliphatic rings. The largest absolute Gasteiger partial charge is 0.496 e. The van der Waals surface area contributed by atoms with Crippen LogP contribution in [0.1, 0.15) is 23.5 Å². The van der Waals surface area contributed by atoms with E-state index in [0.29, 0.717) is 10.8 Å². The molecule has 1 aromatic rings. The molecule has 0 bridgehead atoms. The van der Waals surface area contributed by atoms with Crippen LogP contribution in [0.15, 0.2) is 11.4 Å². The number of carbonyl (C=O) groups is 1. The molecule has 0 aliphatic carbocycles. The first-order valence-corrected chi connectivity index (χ1v) is 7.48. The smallest absolute Gasteiger partial charge is 0.261 e. The highest BCUT2D eigenvalue weighted by molar-refractivity contribution is 14.1. The van der Waals surface area contributed by atoms with Crippen molar-refractivity contribution in [2.45, 2.75) is 19.9 Å². The van der Waals surface area contributed by atoms with Crippen molar-refractivity contribution in [1.82, 2.24) is 5.32 Å². The third-order valence-electron chi connectivity index (χ3n) is 2.32. The van der Waals surface area contributed by atoms with Crippen molar-refractivity contribution in [2.24, 2.45) is 5.92 Å². The molecular formula is C11H16INO2S. The van der Waals surface area contributed by atoms with Gasteiger partial charge in [0, 0.05) is 21.9 Å². The van der Waals surface area contributed by atoms with Crippen molar-refractivity contribution in [3.63, 3.8) is 0 Å². The number of hydrogen-bond acceptors (Lipinski definition) is 3. The average Bonchev–Trinajstić information content (AvgIpc) is 2.73. The van der Waals surface area contributed by atoms with E-state index in [1.807, 2.05) is 5.38 Å². The molecule has 0 saturated carbocycles. The van der Waals surface area contributed by atoms with Gasteiger partial charge >= 0.3 is 0 Å². The van der Waals surface area contributed by atoms with Crippen LogP contribution < -0.4 is 10.1 Å². The fourth-order valence-electron chi connectivity index (χ4n) is 1.17. The molecule has 0 radical (unpaired) electrons. The van der Waals surface area contributed by atoms with Gasteiger partial charge in [0.15, 0.2) is 0 Å². The van der Waals surface area contributed by atoms with Crippen molar-refractivity contribution in [3.05, 3.63) is 16.3 Å². The minimum Gasteiger partial charge on any atom is -0.496 e. The summed E-state index contributed by atoms with van der Waals surface area (Å²) in [6, 6.07) is 1.99. The summed E-state index contributed by atoms with van der Waals surface area (Å²) in [6.07, 6.45) is 0. The molecule has 1 unspecified atom stereocenters. The first-order chi connectivity index (χ1) is 7.58. The Hall–Kier alpha value is -0.300. The van der Waals surface area contributed by atoms with Crippen LogP contribution >= 0.6 is 33.9 Å². The maximum Gasteiger partial charge on any atom is 0.261 e. The lowest BCUT2D eigenvalue weighted by Gasteiger charge is -2.19. The highest BCUT2D eigenvalue weighted by Crippen LogP contribution is 2.21. The third kappa shape index (κ3) is 3.62. The van der Waals surface area contributed by atoms with Crippen LogP contribution in [-0.4, -0.2) is 23.5 Å². The summed E-state index contributed by atoms with van der Waals surface area (Å²) in [4.78, 5) is 12.6. The van der Waals surface area contributed by atoms with E-state index in [1.54, 1.807) is 13.2 Å². The maximum atomic E-state index is 11.9. The van der Waals surface area contributed by atoms with Crippen molar-refractivity contribution in [2.75, 3.05) is 11.5 Å². The van der Waals surface area contributed by atoms with Crippen LogP contribution in [-0.2, 0) is 0 Å². The van der Waals surface area contributed by atoms with E-state index in [2.05, 4.69) is 41.8 Å². The Balaban J connectivity index is 2.64. The second kappa shape index (κ2) is 6.44. The minimum absolute atomic E-state index is 0.0105. The van der Waals surface area contributed by atoms with Gasteiger partial charge in [-0.25, -0.2) is 0 Å². The zero-order valence-corrected chi connectivity index (χ0v) is 12.6. The van der Waals surface area contributed by atoms with Gasteiger partial charge in [0.2, 0.25) is 0 Å². The number of rotatable bonds is 5. The lowest BCUT2D eigenvalue weighted by molar-refractivity contribution is 0.0936. The Labute approximate surface area is 114 Å². The van der Waals surface area contributed by atoms with E-state index in [1.165, 1.54) is 11.3 Å². The number of halogens is 1. The molecule has 5 heteroatoms. The normalized spacial score (nSPS) is 12.6. The van der Waals surface area contributed by atoms with E-state index >= 15 is 0 Å². The topological polar surface area (TPSA) is 38.3 Å². The standard InChI is InChI=1S/C11H16INO2S/c1-7(2)9(5-12)13-11(14)10-4-8(15-3)6-16-10/h4,6-7,9H,5H2,1-3H3,(H,13,14). The summed E-state index contributed by atoms with van der Waals surface area (Å²) in [7, 11) is 1.60. The second-order valence-corrected chi connectivity index (χ2v) is 5.62. The Morgan fingerprint density at radius 1 is 1.62 bits per heavy atom. The van der Waals surface area contributed by atoms with Crippen LogP contribution in [0.3, 0.4) is 0 Å². The molecule has 16 heavy (non-hydrogen) atoms. The number of nitrogens with one attached hydrogen (secondary N) is 1.